The molecule has 3 nitrogen and oxygen atoms in total. The SMILES string of the molecule is CCOc1ccc(C(=O)c2cccc3ccccc23)cc1OCC. The Morgan fingerprint density at radius 1 is 0.833 bits per heavy atom. The van der Waals surface area contributed by atoms with Crippen molar-refractivity contribution in [2.24, 2.45) is 0 Å². The average molecular weight is 320 g/mol. The molecule has 0 radical (unpaired) electrons. The highest BCUT2D eigenvalue weighted by atomic mass is 16.5. The Morgan fingerprint density at radius 3 is 2.33 bits per heavy atom. The lowest BCUT2D eigenvalue weighted by atomic mass is 9.97. The molecule has 0 unspecified atom stereocenters. The van der Waals surface area contributed by atoms with Crippen molar-refractivity contribution in [1.29, 1.82) is 0 Å². The van der Waals surface area contributed by atoms with Crippen LogP contribution in [-0.2, 0) is 0 Å². The second-order valence-corrected chi connectivity index (χ2v) is 5.38. The third kappa shape index (κ3) is 3.11. The van der Waals surface area contributed by atoms with Gasteiger partial charge in [-0.15, -0.1) is 0 Å². The summed E-state index contributed by atoms with van der Waals surface area (Å²) in [6.07, 6.45) is 0. The molecule has 0 atom stereocenters. The van der Waals surface area contributed by atoms with Crippen molar-refractivity contribution in [2.45, 2.75) is 13.8 Å². The van der Waals surface area contributed by atoms with Crippen molar-refractivity contribution in [3.05, 3.63) is 71.8 Å². The fourth-order valence-corrected chi connectivity index (χ4v) is 2.77. The van der Waals surface area contributed by atoms with Crippen LogP contribution < -0.4 is 9.47 Å². The molecule has 0 heterocycles. The van der Waals surface area contributed by atoms with E-state index in [9.17, 15) is 4.79 Å². The fourth-order valence-electron chi connectivity index (χ4n) is 2.77. The van der Waals surface area contributed by atoms with E-state index >= 15 is 0 Å². The van der Waals surface area contributed by atoms with Crippen molar-refractivity contribution < 1.29 is 14.3 Å². The van der Waals surface area contributed by atoms with Gasteiger partial charge in [0, 0.05) is 11.1 Å². The zero-order valence-corrected chi connectivity index (χ0v) is 13.9. The van der Waals surface area contributed by atoms with E-state index in [1.807, 2.05) is 56.3 Å². The Hall–Kier alpha value is -2.81. The standard InChI is InChI=1S/C21H20O3/c1-3-23-19-13-12-16(14-20(19)24-4-2)21(22)18-11-7-9-15-8-5-6-10-17(15)18/h5-14H,3-4H2,1-2H3. The van der Waals surface area contributed by atoms with Crippen LogP contribution >= 0.6 is 0 Å². The van der Waals surface area contributed by atoms with Crippen LogP contribution in [0.2, 0.25) is 0 Å². The van der Waals surface area contributed by atoms with Crippen molar-refractivity contribution in [3.63, 3.8) is 0 Å². The molecular formula is C21H20O3. The molecule has 0 bridgehead atoms. The summed E-state index contributed by atoms with van der Waals surface area (Å²) in [5.74, 6) is 1.25. The maximum atomic E-state index is 13.0. The third-order valence-corrected chi connectivity index (χ3v) is 3.84. The quantitative estimate of drug-likeness (QED) is 0.608. The monoisotopic (exact) mass is 320 g/mol. The Labute approximate surface area is 141 Å². The molecular weight excluding hydrogens is 300 g/mol. The van der Waals surface area contributed by atoms with E-state index < -0.39 is 0 Å². The van der Waals surface area contributed by atoms with Gasteiger partial charge in [-0.05, 0) is 42.8 Å². The van der Waals surface area contributed by atoms with Crippen LogP contribution in [0.1, 0.15) is 29.8 Å². The Morgan fingerprint density at radius 2 is 1.54 bits per heavy atom. The minimum absolute atomic E-state index is 0.0178. The maximum Gasteiger partial charge on any atom is 0.193 e. The number of hydrogen-bond donors (Lipinski definition) is 0. The molecule has 3 heteroatoms. The number of benzene rings is 3. The van der Waals surface area contributed by atoms with Gasteiger partial charge in [0.15, 0.2) is 17.3 Å². The van der Waals surface area contributed by atoms with Crippen LogP contribution in [0.25, 0.3) is 10.8 Å². The number of ketones is 1. The number of fused-ring (bicyclic) bond motifs is 1. The van der Waals surface area contributed by atoms with E-state index in [0.29, 0.717) is 35.8 Å². The molecule has 0 spiro atoms. The van der Waals surface area contributed by atoms with Gasteiger partial charge in [0.2, 0.25) is 0 Å². The van der Waals surface area contributed by atoms with Crippen LogP contribution in [0, 0.1) is 0 Å². The summed E-state index contributed by atoms with van der Waals surface area (Å²) >= 11 is 0. The number of ether oxygens (including phenoxy) is 2. The number of carbonyl (C=O) groups is 1. The summed E-state index contributed by atoms with van der Waals surface area (Å²) in [5, 5.41) is 2.01. The first-order valence-electron chi connectivity index (χ1n) is 8.16. The van der Waals surface area contributed by atoms with Crippen LogP contribution in [0.4, 0.5) is 0 Å². The van der Waals surface area contributed by atoms with Crippen molar-refractivity contribution in [1.82, 2.24) is 0 Å². The maximum absolute atomic E-state index is 13.0. The Bertz CT molecular complexity index is 863. The van der Waals surface area contributed by atoms with Crippen LogP contribution in [0.5, 0.6) is 11.5 Å². The predicted molar refractivity (Wildman–Crippen MR) is 96.2 cm³/mol. The van der Waals surface area contributed by atoms with Gasteiger partial charge in [0.05, 0.1) is 13.2 Å². The molecule has 0 saturated carbocycles. The van der Waals surface area contributed by atoms with Crippen LogP contribution in [-0.4, -0.2) is 19.0 Å². The van der Waals surface area contributed by atoms with E-state index in [1.165, 1.54) is 0 Å². The molecule has 0 aliphatic rings. The zero-order chi connectivity index (χ0) is 16.9. The number of hydrogen-bond acceptors (Lipinski definition) is 3. The average Bonchev–Trinajstić information content (AvgIpc) is 2.62. The van der Waals surface area contributed by atoms with Crippen LogP contribution in [0.3, 0.4) is 0 Å². The normalized spacial score (nSPS) is 10.6. The zero-order valence-electron chi connectivity index (χ0n) is 13.9. The molecule has 0 amide bonds. The highest BCUT2D eigenvalue weighted by Gasteiger charge is 2.15. The van der Waals surface area contributed by atoms with Gasteiger partial charge in [-0.2, -0.15) is 0 Å². The first-order valence-corrected chi connectivity index (χ1v) is 8.16. The minimum Gasteiger partial charge on any atom is -0.490 e. The van der Waals surface area contributed by atoms with Gasteiger partial charge in [-0.3, -0.25) is 4.79 Å². The first kappa shape index (κ1) is 16.1. The van der Waals surface area contributed by atoms with E-state index in [1.54, 1.807) is 18.2 Å². The van der Waals surface area contributed by atoms with E-state index in [2.05, 4.69) is 0 Å². The van der Waals surface area contributed by atoms with Gasteiger partial charge < -0.3 is 9.47 Å². The second kappa shape index (κ2) is 7.18. The Balaban J connectivity index is 2.04. The molecule has 0 fully saturated rings. The first-order chi connectivity index (χ1) is 11.7. The second-order valence-electron chi connectivity index (χ2n) is 5.38. The lowest BCUT2D eigenvalue weighted by Gasteiger charge is -2.12. The fraction of sp³-hybridized carbons (Fsp3) is 0.190. The van der Waals surface area contributed by atoms with Gasteiger partial charge in [-0.25, -0.2) is 0 Å². The van der Waals surface area contributed by atoms with Gasteiger partial charge in [0.1, 0.15) is 0 Å². The lowest BCUT2D eigenvalue weighted by molar-refractivity contribution is 0.103. The van der Waals surface area contributed by atoms with Crippen molar-refractivity contribution in [2.75, 3.05) is 13.2 Å². The topological polar surface area (TPSA) is 35.5 Å². The highest BCUT2D eigenvalue weighted by Crippen LogP contribution is 2.30. The minimum atomic E-state index is -0.0178. The third-order valence-electron chi connectivity index (χ3n) is 3.84. The number of rotatable bonds is 6. The Kier molecular flexibility index (Phi) is 4.80. The van der Waals surface area contributed by atoms with Crippen LogP contribution in [0.15, 0.2) is 60.7 Å². The van der Waals surface area contributed by atoms with Crippen molar-refractivity contribution in [3.8, 4) is 11.5 Å². The molecule has 0 saturated heterocycles. The molecule has 24 heavy (non-hydrogen) atoms. The smallest absolute Gasteiger partial charge is 0.193 e. The molecule has 122 valence electrons. The summed E-state index contributed by atoms with van der Waals surface area (Å²) < 4.78 is 11.2. The van der Waals surface area contributed by atoms with E-state index in [-0.39, 0.29) is 5.78 Å². The highest BCUT2D eigenvalue weighted by molar-refractivity contribution is 6.16. The van der Waals surface area contributed by atoms with E-state index in [4.69, 9.17) is 9.47 Å². The predicted octanol–water partition coefficient (Wildman–Crippen LogP) is 4.87. The molecule has 0 N–H and O–H groups in total. The van der Waals surface area contributed by atoms with Gasteiger partial charge in [-0.1, -0.05) is 42.5 Å². The summed E-state index contributed by atoms with van der Waals surface area (Å²) in [7, 11) is 0. The summed E-state index contributed by atoms with van der Waals surface area (Å²) in [4.78, 5) is 13.0. The number of carbonyl (C=O) groups excluding carboxylic acids is 1. The van der Waals surface area contributed by atoms with Crippen molar-refractivity contribution >= 4 is 16.6 Å². The molecule has 3 rings (SSSR count). The molecule has 0 aliphatic carbocycles. The van der Waals surface area contributed by atoms with Gasteiger partial charge >= 0.3 is 0 Å². The summed E-state index contributed by atoms with van der Waals surface area (Å²) in [6, 6.07) is 19.0. The molecule has 3 aromatic carbocycles. The summed E-state index contributed by atoms with van der Waals surface area (Å²) in [6.45, 7) is 4.91. The lowest BCUT2D eigenvalue weighted by Crippen LogP contribution is -2.04. The summed E-state index contributed by atoms with van der Waals surface area (Å²) in [5.41, 5.74) is 1.29. The largest absolute Gasteiger partial charge is 0.490 e. The van der Waals surface area contributed by atoms with E-state index in [0.717, 1.165) is 10.8 Å². The molecule has 0 aliphatic heterocycles. The molecule has 0 aromatic heterocycles. The molecule has 3 aromatic rings. The van der Waals surface area contributed by atoms with Gasteiger partial charge in [0.25, 0.3) is 0 Å².